The highest BCUT2D eigenvalue weighted by molar-refractivity contribution is 6.01. The van der Waals surface area contributed by atoms with E-state index < -0.39 is 0 Å². The second kappa shape index (κ2) is 7.88. The summed E-state index contributed by atoms with van der Waals surface area (Å²) in [6, 6.07) is 8.81. The highest BCUT2D eigenvalue weighted by atomic mass is 16.5. The van der Waals surface area contributed by atoms with Crippen LogP contribution in [0.1, 0.15) is 35.4 Å². The second-order valence-electron chi connectivity index (χ2n) is 7.15. The predicted octanol–water partition coefficient (Wildman–Crippen LogP) is 2.66. The van der Waals surface area contributed by atoms with Crippen LogP contribution in [0.5, 0.6) is 5.75 Å². The van der Waals surface area contributed by atoms with Gasteiger partial charge in [0.05, 0.1) is 12.0 Å². The number of furan rings is 1. The molecule has 7 heteroatoms. The van der Waals surface area contributed by atoms with Crippen molar-refractivity contribution < 1.29 is 23.5 Å². The Labute approximate surface area is 162 Å². The highest BCUT2D eigenvalue weighted by Gasteiger charge is 2.28. The fraction of sp³-hybridized carbons (Fsp3) is 0.381. The van der Waals surface area contributed by atoms with Crippen LogP contribution in [0.3, 0.4) is 0 Å². The van der Waals surface area contributed by atoms with Gasteiger partial charge in [-0.1, -0.05) is 0 Å². The molecule has 4 rings (SSSR count). The molecule has 0 unspecified atom stereocenters. The number of hydrogen-bond acceptors (Lipinski definition) is 5. The molecule has 2 aliphatic heterocycles. The van der Waals surface area contributed by atoms with E-state index >= 15 is 0 Å². The first-order valence-electron chi connectivity index (χ1n) is 9.51. The smallest absolute Gasteiger partial charge is 0.262 e. The van der Waals surface area contributed by atoms with Gasteiger partial charge in [-0.2, -0.15) is 0 Å². The average molecular weight is 382 g/mol. The van der Waals surface area contributed by atoms with E-state index in [1.165, 1.54) is 0 Å². The Hall–Kier alpha value is -3.09. The number of rotatable bonds is 5. The van der Waals surface area contributed by atoms with E-state index in [9.17, 15) is 14.4 Å². The third kappa shape index (κ3) is 3.93. The number of Topliss-reactive ketones (excluding diaryl/α,β-unsaturated/α-hetero) is 1. The Kier molecular flexibility index (Phi) is 5.14. The molecule has 1 fully saturated rings. The predicted molar refractivity (Wildman–Crippen MR) is 101 cm³/mol. The molecule has 0 spiro atoms. The fourth-order valence-electron chi connectivity index (χ4n) is 3.71. The van der Waals surface area contributed by atoms with Crippen LogP contribution < -0.4 is 10.1 Å². The lowest BCUT2D eigenvalue weighted by Crippen LogP contribution is -2.40. The molecule has 0 aliphatic carbocycles. The van der Waals surface area contributed by atoms with Crippen LogP contribution >= 0.6 is 0 Å². The first-order chi connectivity index (χ1) is 13.6. The summed E-state index contributed by atoms with van der Waals surface area (Å²) in [5, 5.41) is 2.73. The van der Waals surface area contributed by atoms with Crippen molar-refractivity contribution in [1.82, 2.24) is 4.90 Å². The Morgan fingerprint density at radius 3 is 2.75 bits per heavy atom. The number of nitrogens with zero attached hydrogens (tertiary/aromatic N) is 1. The van der Waals surface area contributed by atoms with Gasteiger partial charge < -0.3 is 19.4 Å². The minimum Gasteiger partial charge on any atom is -0.482 e. The average Bonchev–Trinajstić information content (AvgIpc) is 3.24. The Morgan fingerprint density at radius 1 is 1.18 bits per heavy atom. The summed E-state index contributed by atoms with van der Waals surface area (Å²) >= 11 is 0. The van der Waals surface area contributed by atoms with Crippen molar-refractivity contribution in [2.45, 2.75) is 25.7 Å². The van der Waals surface area contributed by atoms with Gasteiger partial charge >= 0.3 is 0 Å². The number of carbonyl (C=O) groups excluding carboxylic acids is 3. The van der Waals surface area contributed by atoms with Crippen molar-refractivity contribution in [2.75, 3.05) is 25.0 Å². The molecule has 1 N–H and O–H groups in total. The fourth-order valence-corrected chi connectivity index (χ4v) is 3.71. The number of ether oxygens (including phenoxy) is 1. The van der Waals surface area contributed by atoms with Gasteiger partial charge in [-0.15, -0.1) is 0 Å². The van der Waals surface area contributed by atoms with Gasteiger partial charge in [0.2, 0.25) is 5.91 Å². The molecule has 146 valence electrons. The summed E-state index contributed by atoms with van der Waals surface area (Å²) in [4.78, 5) is 38.5. The summed E-state index contributed by atoms with van der Waals surface area (Å²) in [5.41, 5.74) is 1.10. The summed E-state index contributed by atoms with van der Waals surface area (Å²) in [7, 11) is 0. The Balaban J connectivity index is 1.32. The highest BCUT2D eigenvalue weighted by Crippen LogP contribution is 2.31. The van der Waals surface area contributed by atoms with Crippen molar-refractivity contribution in [1.29, 1.82) is 0 Å². The van der Waals surface area contributed by atoms with Crippen LogP contribution in [0.25, 0.3) is 0 Å². The number of hydrogen-bond donors (Lipinski definition) is 1. The van der Waals surface area contributed by atoms with Crippen LogP contribution in [-0.2, 0) is 16.0 Å². The maximum Gasteiger partial charge on any atom is 0.262 e. The monoisotopic (exact) mass is 382 g/mol. The molecule has 0 radical (unpaired) electrons. The largest absolute Gasteiger partial charge is 0.482 e. The standard InChI is InChI=1S/C21H22N2O5/c24-19-13-28-18-5-3-15(12-17(18)22-19)21(26)14-7-9-23(10-8-14)20(25)6-4-16-2-1-11-27-16/h1-3,5,11-12,14H,4,6-10,13H2,(H,22,24). The van der Waals surface area contributed by atoms with E-state index in [4.69, 9.17) is 9.15 Å². The van der Waals surface area contributed by atoms with Crippen LogP contribution in [0.15, 0.2) is 41.0 Å². The summed E-state index contributed by atoms with van der Waals surface area (Å²) < 4.78 is 10.6. The lowest BCUT2D eigenvalue weighted by atomic mass is 9.88. The number of piperidine rings is 1. The lowest BCUT2D eigenvalue weighted by molar-refractivity contribution is -0.132. The normalized spacial score (nSPS) is 16.9. The van der Waals surface area contributed by atoms with Gasteiger partial charge in [0.1, 0.15) is 11.5 Å². The van der Waals surface area contributed by atoms with Crippen molar-refractivity contribution in [3.63, 3.8) is 0 Å². The van der Waals surface area contributed by atoms with Gasteiger partial charge in [0.15, 0.2) is 12.4 Å². The molecular formula is C21H22N2O5. The topological polar surface area (TPSA) is 88.9 Å². The molecule has 3 heterocycles. The van der Waals surface area contributed by atoms with Gasteiger partial charge in [-0.25, -0.2) is 0 Å². The van der Waals surface area contributed by atoms with Crippen LogP contribution in [-0.4, -0.2) is 42.2 Å². The molecule has 2 aliphatic rings. The SMILES string of the molecule is O=C1COc2ccc(C(=O)C3CCN(C(=O)CCc4ccco4)CC3)cc2N1. The summed E-state index contributed by atoms with van der Waals surface area (Å²) in [5.74, 6) is 1.18. The third-order valence-corrected chi connectivity index (χ3v) is 5.28. The second-order valence-corrected chi connectivity index (χ2v) is 7.15. The van der Waals surface area contributed by atoms with E-state index in [0.717, 1.165) is 5.76 Å². The van der Waals surface area contributed by atoms with Gasteiger partial charge in [0.25, 0.3) is 5.91 Å². The first-order valence-corrected chi connectivity index (χ1v) is 9.51. The minimum atomic E-state index is -0.224. The molecule has 1 saturated heterocycles. The van der Waals surface area contributed by atoms with E-state index in [1.807, 2.05) is 17.0 Å². The van der Waals surface area contributed by atoms with Gasteiger partial charge in [-0.3, -0.25) is 14.4 Å². The van der Waals surface area contributed by atoms with Gasteiger partial charge in [0, 0.05) is 37.4 Å². The van der Waals surface area contributed by atoms with Crippen LogP contribution in [0.4, 0.5) is 5.69 Å². The van der Waals surface area contributed by atoms with Crippen LogP contribution in [0, 0.1) is 5.92 Å². The molecule has 7 nitrogen and oxygen atoms in total. The first kappa shape index (κ1) is 18.3. The molecule has 1 aromatic heterocycles. The summed E-state index contributed by atoms with van der Waals surface area (Å²) in [6.07, 6.45) is 3.90. The number of benzene rings is 1. The Morgan fingerprint density at radius 2 is 2.00 bits per heavy atom. The number of nitrogens with one attached hydrogen (secondary N) is 1. The minimum absolute atomic E-state index is 0.00724. The number of aryl methyl sites for hydroxylation is 1. The Bertz CT molecular complexity index is 882. The van der Waals surface area contributed by atoms with Crippen molar-refractivity contribution in [3.8, 4) is 5.75 Å². The van der Waals surface area contributed by atoms with E-state index in [0.29, 0.717) is 55.8 Å². The quantitative estimate of drug-likeness (QED) is 0.803. The molecule has 0 bridgehead atoms. The molecule has 2 aromatic rings. The zero-order valence-corrected chi connectivity index (χ0v) is 15.5. The van der Waals surface area contributed by atoms with E-state index in [1.54, 1.807) is 24.5 Å². The number of fused-ring (bicyclic) bond motifs is 1. The van der Waals surface area contributed by atoms with E-state index in [-0.39, 0.29) is 30.1 Å². The number of likely N-dealkylation sites (tertiary alicyclic amines) is 1. The van der Waals surface area contributed by atoms with Crippen LogP contribution in [0.2, 0.25) is 0 Å². The van der Waals surface area contributed by atoms with Crippen molar-refractivity contribution >= 4 is 23.3 Å². The maximum absolute atomic E-state index is 12.9. The molecule has 0 saturated carbocycles. The molecule has 2 amide bonds. The number of anilines is 1. The molecular weight excluding hydrogens is 360 g/mol. The van der Waals surface area contributed by atoms with Crippen molar-refractivity contribution in [2.24, 2.45) is 5.92 Å². The number of carbonyl (C=O) groups is 3. The maximum atomic E-state index is 12.9. The lowest BCUT2D eigenvalue weighted by Gasteiger charge is -2.31. The number of ketones is 1. The van der Waals surface area contributed by atoms with Crippen molar-refractivity contribution in [3.05, 3.63) is 47.9 Å². The zero-order chi connectivity index (χ0) is 19.5. The molecule has 28 heavy (non-hydrogen) atoms. The summed E-state index contributed by atoms with van der Waals surface area (Å²) in [6.45, 7) is 1.16. The van der Waals surface area contributed by atoms with Gasteiger partial charge in [-0.05, 0) is 43.2 Å². The van der Waals surface area contributed by atoms with E-state index in [2.05, 4.69) is 5.32 Å². The molecule has 0 atom stereocenters. The molecule has 1 aromatic carbocycles. The number of amides is 2. The third-order valence-electron chi connectivity index (χ3n) is 5.28. The zero-order valence-electron chi connectivity index (χ0n) is 15.5.